The minimum Gasteiger partial charge on any atom is -0.364 e. The van der Waals surface area contributed by atoms with E-state index >= 15 is 0 Å². The molecule has 0 aliphatic carbocycles. The number of urea groups is 1. The Morgan fingerprint density at radius 1 is 1.11 bits per heavy atom. The molecule has 3 heterocycles. The van der Waals surface area contributed by atoms with Crippen LogP contribution in [-0.4, -0.2) is 37.2 Å². The van der Waals surface area contributed by atoms with Crippen LogP contribution in [0.2, 0.25) is 0 Å². The molecule has 2 aliphatic rings. The van der Waals surface area contributed by atoms with Crippen LogP contribution in [0.5, 0.6) is 0 Å². The van der Waals surface area contributed by atoms with Gasteiger partial charge in [-0.25, -0.2) is 4.79 Å². The average Bonchev–Trinajstić information content (AvgIpc) is 2.84. The smallest absolute Gasteiger partial charge is 0.326 e. The summed E-state index contributed by atoms with van der Waals surface area (Å²) in [6, 6.07) is 1.02. The van der Waals surface area contributed by atoms with Gasteiger partial charge < -0.3 is 15.6 Å². The number of aromatic nitrogens is 1. The molecule has 0 unspecified atom stereocenters. The number of hydrogen-bond donors (Lipinski definition) is 4. The Hall–Kier alpha value is -2.51. The summed E-state index contributed by atoms with van der Waals surface area (Å²) in [6.45, 7) is 0.378. The predicted molar refractivity (Wildman–Crippen MR) is 66.7 cm³/mol. The van der Waals surface area contributed by atoms with Crippen molar-refractivity contribution in [3.8, 4) is 0 Å². The zero-order valence-corrected chi connectivity index (χ0v) is 9.79. The standard InChI is InChI=1S/C11H9BN4O3/c12-6-3-5-4(7-10(18)16-11(19)15-7)1-2-13-9(17)8(5)14-6/h3,14H,1-2H2,(H,13,17)(H2,15,16,18,19)/b7-4+. The second-order valence-electron chi connectivity index (χ2n) is 4.28. The molecular weight excluding hydrogens is 247 g/mol. The number of aromatic amines is 1. The summed E-state index contributed by atoms with van der Waals surface area (Å²) in [4.78, 5) is 37.4. The highest BCUT2D eigenvalue weighted by Crippen LogP contribution is 2.26. The van der Waals surface area contributed by atoms with Crippen LogP contribution in [0.25, 0.3) is 5.57 Å². The van der Waals surface area contributed by atoms with Crippen LogP contribution in [0.15, 0.2) is 11.8 Å². The molecule has 0 spiro atoms. The average molecular weight is 256 g/mol. The number of nitrogens with one attached hydrogen (secondary N) is 4. The lowest BCUT2D eigenvalue weighted by Crippen LogP contribution is -2.23. The van der Waals surface area contributed by atoms with E-state index in [0.717, 1.165) is 0 Å². The number of hydrogen-bond acceptors (Lipinski definition) is 3. The molecule has 4 amide bonds. The van der Waals surface area contributed by atoms with Crippen LogP contribution >= 0.6 is 0 Å². The van der Waals surface area contributed by atoms with Gasteiger partial charge in [0.25, 0.3) is 11.8 Å². The first-order chi connectivity index (χ1) is 9.06. The van der Waals surface area contributed by atoms with Gasteiger partial charge in [0.1, 0.15) is 19.2 Å². The van der Waals surface area contributed by atoms with E-state index in [1.165, 1.54) is 0 Å². The molecule has 2 aliphatic heterocycles. The first kappa shape index (κ1) is 11.6. The Morgan fingerprint density at radius 2 is 1.89 bits per heavy atom. The summed E-state index contributed by atoms with van der Waals surface area (Å²) in [6.07, 6.45) is 0.430. The van der Waals surface area contributed by atoms with E-state index in [0.29, 0.717) is 35.4 Å². The van der Waals surface area contributed by atoms with Gasteiger partial charge in [0, 0.05) is 12.1 Å². The maximum absolute atomic E-state index is 11.8. The van der Waals surface area contributed by atoms with Crippen LogP contribution < -0.4 is 21.5 Å². The fourth-order valence-corrected chi connectivity index (χ4v) is 2.26. The van der Waals surface area contributed by atoms with E-state index in [4.69, 9.17) is 7.85 Å². The lowest BCUT2D eigenvalue weighted by molar-refractivity contribution is -0.115. The van der Waals surface area contributed by atoms with Crippen molar-refractivity contribution in [3.63, 3.8) is 0 Å². The summed E-state index contributed by atoms with van der Waals surface area (Å²) in [7, 11) is 5.65. The molecule has 2 radical (unpaired) electrons. The van der Waals surface area contributed by atoms with Crippen molar-refractivity contribution in [2.45, 2.75) is 6.42 Å². The van der Waals surface area contributed by atoms with Gasteiger partial charge in [0.05, 0.1) is 0 Å². The van der Waals surface area contributed by atoms with E-state index in [-0.39, 0.29) is 11.6 Å². The predicted octanol–water partition coefficient (Wildman–Crippen LogP) is -1.51. The molecule has 1 aromatic heterocycles. The van der Waals surface area contributed by atoms with E-state index in [1.54, 1.807) is 6.07 Å². The van der Waals surface area contributed by atoms with E-state index in [2.05, 4.69) is 20.9 Å². The molecule has 94 valence electrons. The van der Waals surface area contributed by atoms with Gasteiger partial charge >= 0.3 is 6.03 Å². The van der Waals surface area contributed by atoms with Crippen molar-refractivity contribution in [3.05, 3.63) is 23.0 Å². The second kappa shape index (κ2) is 4.01. The Kier molecular flexibility index (Phi) is 2.44. The molecule has 0 atom stereocenters. The SMILES string of the molecule is [B]c1cc2c([nH]1)C(=O)NCC/C2=C1\NC(=O)NC1=O. The highest BCUT2D eigenvalue weighted by Gasteiger charge is 2.30. The van der Waals surface area contributed by atoms with Crippen molar-refractivity contribution < 1.29 is 14.4 Å². The second-order valence-corrected chi connectivity index (χ2v) is 4.28. The fourth-order valence-electron chi connectivity index (χ4n) is 2.26. The number of fused-ring (bicyclic) bond motifs is 1. The Balaban J connectivity index is 2.19. The van der Waals surface area contributed by atoms with Crippen LogP contribution in [0, 0.1) is 0 Å². The van der Waals surface area contributed by atoms with Crippen molar-refractivity contribution >= 4 is 36.9 Å². The molecule has 3 rings (SSSR count). The monoisotopic (exact) mass is 256 g/mol. The van der Waals surface area contributed by atoms with Crippen molar-refractivity contribution in [2.75, 3.05) is 6.54 Å². The molecule has 1 fully saturated rings. The molecular formula is C11H9BN4O3. The molecule has 4 N–H and O–H groups in total. The van der Waals surface area contributed by atoms with Crippen LogP contribution in [0.1, 0.15) is 22.5 Å². The number of H-pyrrole nitrogens is 1. The quantitative estimate of drug-likeness (QED) is 0.258. The summed E-state index contributed by atoms with van der Waals surface area (Å²) >= 11 is 0. The summed E-state index contributed by atoms with van der Waals surface area (Å²) in [5.74, 6) is -0.785. The Labute approximate surface area is 109 Å². The third-order valence-corrected chi connectivity index (χ3v) is 3.05. The first-order valence-electron chi connectivity index (χ1n) is 5.69. The number of carbonyl (C=O) groups excluding carboxylic acids is 3. The van der Waals surface area contributed by atoms with Crippen LogP contribution in [0.3, 0.4) is 0 Å². The fraction of sp³-hybridized carbons (Fsp3) is 0.182. The van der Waals surface area contributed by atoms with Crippen molar-refractivity contribution in [1.82, 2.24) is 20.9 Å². The van der Waals surface area contributed by atoms with Gasteiger partial charge in [0.15, 0.2) is 0 Å². The Morgan fingerprint density at radius 3 is 2.58 bits per heavy atom. The molecule has 0 bridgehead atoms. The van der Waals surface area contributed by atoms with Crippen LogP contribution in [-0.2, 0) is 4.79 Å². The molecule has 1 aromatic rings. The van der Waals surface area contributed by atoms with Gasteiger partial charge in [0.2, 0.25) is 0 Å². The van der Waals surface area contributed by atoms with Crippen molar-refractivity contribution in [2.24, 2.45) is 0 Å². The number of carbonyl (C=O) groups is 3. The molecule has 1 saturated heterocycles. The normalized spacial score (nSPS) is 22.4. The number of amides is 4. The molecule has 0 aromatic carbocycles. The van der Waals surface area contributed by atoms with E-state index < -0.39 is 11.9 Å². The highest BCUT2D eigenvalue weighted by atomic mass is 16.2. The van der Waals surface area contributed by atoms with Crippen LogP contribution in [0.4, 0.5) is 4.79 Å². The summed E-state index contributed by atoms with van der Waals surface area (Å²) in [5, 5.41) is 7.28. The minimum absolute atomic E-state index is 0.168. The maximum Gasteiger partial charge on any atom is 0.326 e. The van der Waals surface area contributed by atoms with Gasteiger partial charge in [-0.15, -0.1) is 0 Å². The lowest BCUT2D eigenvalue weighted by atomic mass is 9.98. The molecule has 7 nitrogen and oxygen atoms in total. The third-order valence-electron chi connectivity index (χ3n) is 3.05. The zero-order valence-electron chi connectivity index (χ0n) is 9.79. The molecule has 0 saturated carbocycles. The zero-order chi connectivity index (χ0) is 13.6. The van der Waals surface area contributed by atoms with E-state index in [9.17, 15) is 14.4 Å². The third kappa shape index (κ3) is 1.81. The largest absolute Gasteiger partial charge is 0.364 e. The number of imide groups is 1. The van der Waals surface area contributed by atoms with E-state index in [1.807, 2.05) is 0 Å². The Bertz CT molecular complexity index is 646. The van der Waals surface area contributed by atoms with Gasteiger partial charge in [-0.05, 0) is 23.7 Å². The van der Waals surface area contributed by atoms with Gasteiger partial charge in [-0.2, -0.15) is 0 Å². The highest BCUT2D eigenvalue weighted by molar-refractivity contribution is 6.31. The molecule has 8 heteroatoms. The summed E-state index contributed by atoms with van der Waals surface area (Å²) in [5.41, 5.74) is 1.92. The molecule has 19 heavy (non-hydrogen) atoms. The maximum atomic E-state index is 11.8. The minimum atomic E-state index is -0.568. The van der Waals surface area contributed by atoms with Gasteiger partial charge in [-0.1, -0.05) is 0 Å². The van der Waals surface area contributed by atoms with Crippen molar-refractivity contribution in [1.29, 1.82) is 0 Å². The van der Waals surface area contributed by atoms with Gasteiger partial charge in [-0.3, -0.25) is 14.9 Å². The number of rotatable bonds is 0. The lowest BCUT2D eigenvalue weighted by Gasteiger charge is -2.06. The summed E-state index contributed by atoms with van der Waals surface area (Å²) < 4.78 is 0. The topological polar surface area (TPSA) is 103 Å². The first-order valence-corrected chi connectivity index (χ1v) is 5.69.